The Morgan fingerprint density at radius 3 is 1.87 bits per heavy atom. The van der Waals surface area contributed by atoms with Gasteiger partial charge in [-0.2, -0.15) is 0 Å². The predicted molar refractivity (Wildman–Crippen MR) is 129 cm³/mol. The molecule has 0 radical (unpaired) electrons. The second-order valence-electron chi connectivity index (χ2n) is 10.3. The van der Waals surface area contributed by atoms with Gasteiger partial charge in [-0.05, 0) is 87.3 Å². The van der Waals surface area contributed by atoms with E-state index in [0.717, 1.165) is 32.1 Å². The molecule has 3 rings (SSSR count). The Morgan fingerprint density at radius 2 is 1.37 bits per heavy atom. The molecule has 30 heavy (non-hydrogen) atoms. The van der Waals surface area contributed by atoms with Gasteiger partial charge in [0.25, 0.3) is 0 Å². The fourth-order valence-electron chi connectivity index (χ4n) is 6.21. The number of benzene rings is 1. The molecule has 1 aromatic carbocycles. The highest BCUT2D eigenvalue weighted by atomic mass is 16.1. The second kappa shape index (κ2) is 9.71. The molecule has 0 saturated heterocycles. The van der Waals surface area contributed by atoms with E-state index in [1.165, 1.54) is 83.9 Å². The lowest BCUT2D eigenvalue weighted by Gasteiger charge is -2.35. The van der Waals surface area contributed by atoms with Crippen LogP contribution < -0.4 is 5.73 Å². The lowest BCUT2D eigenvalue weighted by atomic mass is 9.68. The maximum Gasteiger partial charge on any atom is 0.223 e. The zero-order chi connectivity index (χ0) is 21.9. The van der Waals surface area contributed by atoms with Crippen molar-refractivity contribution in [2.75, 3.05) is 0 Å². The molecule has 0 bridgehead atoms. The van der Waals surface area contributed by atoms with Crippen molar-refractivity contribution in [2.24, 2.45) is 11.1 Å². The number of allylic oxidation sites excluding steroid dienone is 2. The largest absolute Gasteiger partial charge is 0.369 e. The fraction of sp³-hybridized carbons (Fsp3) is 0.679. The van der Waals surface area contributed by atoms with Crippen molar-refractivity contribution in [3.05, 3.63) is 39.5 Å². The summed E-state index contributed by atoms with van der Waals surface area (Å²) in [4.78, 5) is 13.0. The lowest BCUT2D eigenvalue weighted by Crippen LogP contribution is -2.39. The number of carbonyl (C=O) groups excluding carboxylic acids is 1. The molecular formula is C28H43NO. The molecule has 2 aliphatic rings. The highest BCUT2D eigenvalue weighted by Gasteiger charge is 2.41. The van der Waals surface area contributed by atoms with Crippen LogP contribution in [0.3, 0.4) is 0 Å². The number of rotatable bonds is 3. The molecular weight excluding hydrogens is 366 g/mol. The molecule has 2 heteroatoms. The molecule has 2 aliphatic carbocycles. The zero-order valence-electron chi connectivity index (χ0n) is 20.1. The Bertz CT molecular complexity index is 804. The Hall–Kier alpha value is -1.57. The first-order chi connectivity index (χ1) is 14.3. The Balaban J connectivity index is 1.97. The number of carbonyl (C=O) groups is 1. The average molecular weight is 410 g/mol. The zero-order valence-corrected chi connectivity index (χ0v) is 20.1. The summed E-state index contributed by atoms with van der Waals surface area (Å²) in [6.07, 6.45) is 14.2. The highest BCUT2D eigenvalue weighted by molar-refractivity contribution is 5.83. The smallest absolute Gasteiger partial charge is 0.223 e. The Morgan fingerprint density at radius 1 is 0.867 bits per heavy atom. The summed E-state index contributed by atoms with van der Waals surface area (Å²) in [7, 11) is 0. The fourth-order valence-corrected chi connectivity index (χ4v) is 6.21. The molecule has 0 aliphatic heterocycles. The third kappa shape index (κ3) is 4.53. The minimum absolute atomic E-state index is 0.0551. The number of amides is 1. The van der Waals surface area contributed by atoms with E-state index in [1.807, 2.05) is 0 Å². The summed E-state index contributed by atoms with van der Waals surface area (Å²) < 4.78 is 0. The van der Waals surface area contributed by atoms with Gasteiger partial charge in [0.1, 0.15) is 0 Å². The molecule has 1 saturated carbocycles. The molecule has 166 valence electrons. The van der Waals surface area contributed by atoms with Crippen LogP contribution in [-0.4, -0.2) is 5.91 Å². The van der Waals surface area contributed by atoms with E-state index in [2.05, 4.69) is 40.7 Å². The molecule has 1 atom stereocenters. The number of aryl methyl sites for hydroxylation is 2. The van der Waals surface area contributed by atoms with Gasteiger partial charge in [0.15, 0.2) is 0 Å². The summed E-state index contributed by atoms with van der Waals surface area (Å²) in [6.45, 7) is 11.3. The van der Waals surface area contributed by atoms with Gasteiger partial charge in [-0.1, -0.05) is 69.4 Å². The number of hydrogen-bond acceptors (Lipinski definition) is 1. The van der Waals surface area contributed by atoms with Gasteiger partial charge in [0.2, 0.25) is 5.91 Å². The molecule has 1 amide bonds. The van der Waals surface area contributed by atoms with E-state index >= 15 is 0 Å². The number of primary amides is 1. The van der Waals surface area contributed by atoms with Crippen molar-refractivity contribution in [2.45, 2.75) is 118 Å². The summed E-state index contributed by atoms with van der Waals surface area (Å²) in [5, 5.41) is 0. The van der Waals surface area contributed by atoms with Gasteiger partial charge in [0.05, 0.1) is 0 Å². The molecule has 2 nitrogen and oxygen atoms in total. The van der Waals surface area contributed by atoms with Crippen LogP contribution in [0.15, 0.2) is 11.6 Å². The first kappa shape index (κ1) is 23.1. The Kier molecular flexibility index (Phi) is 7.47. The molecule has 0 aromatic heterocycles. The first-order valence-electron chi connectivity index (χ1n) is 12.4. The van der Waals surface area contributed by atoms with E-state index in [1.54, 1.807) is 0 Å². The monoisotopic (exact) mass is 409 g/mol. The summed E-state index contributed by atoms with van der Waals surface area (Å²) in [5.41, 5.74) is 15.8. The highest BCUT2D eigenvalue weighted by Crippen LogP contribution is 2.52. The maximum absolute atomic E-state index is 13.0. The van der Waals surface area contributed by atoms with Gasteiger partial charge >= 0.3 is 0 Å². The van der Waals surface area contributed by atoms with Crippen LogP contribution in [0.1, 0.15) is 125 Å². The van der Waals surface area contributed by atoms with Crippen LogP contribution in [0.5, 0.6) is 0 Å². The van der Waals surface area contributed by atoms with Crippen LogP contribution in [0.4, 0.5) is 0 Å². The van der Waals surface area contributed by atoms with Crippen molar-refractivity contribution in [3.8, 4) is 0 Å². The van der Waals surface area contributed by atoms with Crippen molar-refractivity contribution in [3.63, 3.8) is 0 Å². The quantitative estimate of drug-likeness (QED) is 0.547. The van der Waals surface area contributed by atoms with Crippen LogP contribution in [0, 0.1) is 26.2 Å². The van der Waals surface area contributed by atoms with Crippen molar-refractivity contribution in [1.29, 1.82) is 0 Å². The summed E-state index contributed by atoms with van der Waals surface area (Å²) >= 11 is 0. The van der Waals surface area contributed by atoms with Crippen LogP contribution >= 0.6 is 0 Å². The Labute approximate surface area is 184 Å². The van der Waals surface area contributed by atoms with Crippen molar-refractivity contribution in [1.82, 2.24) is 0 Å². The van der Waals surface area contributed by atoms with Gasteiger partial charge in [0, 0.05) is 11.3 Å². The van der Waals surface area contributed by atoms with E-state index in [4.69, 9.17) is 5.73 Å². The van der Waals surface area contributed by atoms with Crippen LogP contribution in [0.2, 0.25) is 0 Å². The number of hydrogen-bond donors (Lipinski definition) is 1. The topological polar surface area (TPSA) is 43.1 Å². The predicted octanol–water partition coefficient (Wildman–Crippen LogP) is 7.67. The van der Waals surface area contributed by atoms with Gasteiger partial charge in [-0.25, -0.2) is 0 Å². The summed E-state index contributed by atoms with van der Waals surface area (Å²) in [6, 6.07) is 2.33. The number of nitrogens with two attached hydrogens (primary N) is 1. The van der Waals surface area contributed by atoms with Gasteiger partial charge in [-0.3, -0.25) is 4.79 Å². The van der Waals surface area contributed by atoms with Gasteiger partial charge < -0.3 is 5.73 Å². The molecule has 0 heterocycles. The number of fused-ring (bicyclic) bond motifs is 1. The standard InChI is InChI=1S/C28H43NO/c1-19-17-20(2)25-23(5)22(4)24(26(25)21(19)3)18-28(27(29)30)15-13-11-9-7-6-8-10-12-14-16-28/h17,24H,6-16,18H2,1-5H3,(H2,29,30). The average Bonchev–Trinajstić information content (AvgIpc) is 2.93. The molecule has 1 unspecified atom stereocenters. The normalized spacial score (nSPS) is 22.9. The third-order valence-electron chi connectivity index (χ3n) is 8.36. The minimum atomic E-state index is -0.364. The second-order valence-corrected chi connectivity index (χ2v) is 10.3. The van der Waals surface area contributed by atoms with Crippen LogP contribution in [0.25, 0.3) is 5.57 Å². The molecule has 0 spiro atoms. The summed E-state index contributed by atoms with van der Waals surface area (Å²) in [5.74, 6) is 0.277. The van der Waals surface area contributed by atoms with Crippen molar-refractivity contribution >= 4 is 11.5 Å². The van der Waals surface area contributed by atoms with E-state index in [9.17, 15) is 4.79 Å². The molecule has 1 aromatic rings. The van der Waals surface area contributed by atoms with E-state index in [0.29, 0.717) is 5.92 Å². The third-order valence-corrected chi connectivity index (χ3v) is 8.36. The maximum atomic E-state index is 13.0. The SMILES string of the molecule is CC1=C(C)C(CC2(C(N)=O)CCCCCCCCCCC2)c2c(C)c(C)cc(C)c21. The van der Waals surface area contributed by atoms with E-state index < -0.39 is 0 Å². The van der Waals surface area contributed by atoms with Crippen molar-refractivity contribution < 1.29 is 4.79 Å². The first-order valence-corrected chi connectivity index (χ1v) is 12.4. The molecule has 1 fully saturated rings. The lowest BCUT2D eigenvalue weighted by molar-refractivity contribution is -0.129. The van der Waals surface area contributed by atoms with Crippen LogP contribution in [-0.2, 0) is 4.79 Å². The van der Waals surface area contributed by atoms with Gasteiger partial charge in [-0.15, -0.1) is 0 Å². The molecule has 2 N–H and O–H groups in total. The minimum Gasteiger partial charge on any atom is -0.369 e. The van der Waals surface area contributed by atoms with E-state index in [-0.39, 0.29) is 11.3 Å².